The molecule has 0 aliphatic carbocycles. The molecule has 5 heteroatoms. The summed E-state index contributed by atoms with van der Waals surface area (Å²) < 4.78 is 5.08. The molecule has 1 aliphatic rings. The van der Waals surface area contributed by atoms with Gasteiger partial charge in [0.2, 0.25) is 5.91 Å². The molecule has 0 saturated carbocycles. The lowest BCUT2D eigenvalue weighted by Gasteiger charge is -2.30. The van der Waals surface area contributed by atoms with Crippen LogP contribution in [0.3, 0.4) is 0 Å². The van der Waals surface area contributed by atoms with Gasteiger partial charge in [0.25, 0.3) is 0 Å². The number of carbonyl (C=O) groups is 2. The Bertz CT molecular complexity index is 491. The summed E-state index contributed by atoms with van der Waals surface area (Å²) in [4.78, 5) is 25.3. The molecule has 21 heavy (non-hydrogen) atoms. The largest absolute Gasteiger partial charge is 0.497 e. The number of methoxy groups -OCH3 is 1. The van der Waals surface area contributed by atoms with E-state index in [0.717, 1.165) is 31.7 Å². The van der Waals surface area contributed by atoms with Gasteiger partial charge in [-0.05, 0) is 56.1 Å². The van der Waals surface area contributed by atoms with E-state index in [9.17, 15) is 9.59 Å². The number of benzene rings is 1. The van der Waals surface area contributed by atoms with Crippen molar-refractivity contribution in [3.8, 4) is 5.75 Å². The van der Waals surface area contributed by atoms with Crippen molar-refractivity contribution in [3.63, 3.8) is 0 Å². The molecule has 0 bridgehead atoms. The first-order chi connectivity index (χ1) is 10.1. The van der Waals surface area contributed by atoms with Crippen LogP contribution in [-0.4, -0.2) is 43.3 Å². The van der Waals surface area contributed by atoms with Crippen LogP contribution >= 0.6 is 0 Å². The van der Waals surface area contributed by atoms with Gasteiger partial charge in [0.15, 0.2) is 5.78 Å². The Morgan fingerprint density at radius 1 is 1.24 bits per heavy atom. The molecular formula is C16H22N2O3. The van der Waals surface area contributed by atoms with E-state index in [1.165, 1.54) is 0 Å². The predicted molar refractivity (Wildman–Crippen MR) is 80.3 cm³/mol. The lowest BCUT2D eigenvalue weighted by Crippen LogP contribution is -2.38. The topological polar surface area (TPSA) is 72.6 Å². The highest BCUT2D eigenvalue weighted by atomic mass is 16.5. The van der Waals surface area contributed by atoms with Crippen molar-refractivity contribution in [3.05, 3.63) is 29.8 Å². The average Bonchev–Trinajstić information content (AvgIpc) is 2.49. The molecule has 0 unspecified atom stereocenters. The minimum Gasteiger partial charge on any atom is -0.497 e. The zero-order chi connectivity index (χ0) is 15.2. The number of ketones is 1. The molecule has 0 spiro atoms. The summed E-state index contributed by atoms with van der Waals surface area (Å²) in [5.74, 6) is 1.00. The molecule has 1 saturated heterocycles. The number of nitrogens with two attached hydrogens (primary N) is 1. The van der Waals surface area contributed by atoms with Crippen LogP contribution in [0.25, 0.3) is 0 Å². The number of hydrogen-bond donors (Lipinski definition) is 1. The van der Waals surface area contributed by atoms with Crippen LogP contribution in [0.5, 0.6) is 5.75 Å². The van der Waals surface area contributed by atoms with Crippen molar-refractivity contribution in [2.45, 2.75) is 19.3 Å². The zero-order valence-corrected chi connectivity index (χ0v) is 12.4. The van der Waals surface area contributed by atoms with Gasteiger partial charge >= 0.3 is 0 Å². The third-order valence-electron chi connectivity index (χ3n) is 3.98. The summed E-state index contributed by atoms with van der Waals surface area (Å²) in [6, 6.07) is 7.18. The fraction of sp³-hybridized carbons (Fsp3) is 0.500. The van der Waals surface area contributed by atoms with Crippen molar-refractivity contribution < 1.29 is 14.3 Å². The fourth-order valence-corrected chi connectivity index (χ4v) is 2.70. The first-order valence-corrected chi connectivity index (χ1v) is 7.26. The van der Waals surface area contributed by atoms with Gasteiger partial charge < -0.3 is 10.5 Å². The summed E-state index contributed by atoms with van der Waals surface area (Å²) in [6.07, 6.45) is 2.32. The van der Waals surface area contributed by atoms with Crippen molar-refractivity contribution in [2.24, 2.45) is 11.7 Å². The Hall–Kier alpha value is -1.88. The van der Waals surface area contributed by atoms with Crippen LogP contribution in [-0.2, 0) is 4.79 Å². The Morgan fingerprint density at radius 3 is 2.38 bits per heavy atom. The first kappa shape index (κ1) is 15.5. The van der Waals surface area contributed by atoms with Crippen LogP contribution in [0, 0.1) is 5.92 Å². The molecule has 1 heterocycles. The Kier molecular flexibility index (Phi) is 5.33. The summed E-state index contributed by atoms with van der Waals surface area (Å²) in [5, 5.41) is 0. The summed E-state index contributed by atoms with van der Waals surface area (Å²) >= 11 is 0. The SMILES string of the molecule is COc1ccc(C(=O)CN2CCC(CC(N)=O)CC2)cc1. The molecule has 1 amide bonds. The highest BCUT2D eigenvalue weighted by Crippen LogP contribution is 2.20. The maximum Gasteiger partial charge on any atom is 0.217 e. The quantitative estimate of drug-likeness (QED) is 0.805. The minimum absolute atomic E-state index is 0.117. The van der Waals surface area contributed by atoms with Gasteiger partial charge in [0.05, 0.1) is 13.7 Å². The van der Waals surface area contributed by atoms with E-state index in [2.05, 4.69) is 4.90 Å². The Balaban J connectivity index is 1.82. The van der Waals surface area contributed by atoms with Crippen LogP contribution in [0.2, 0.25) is 0 Å². The maximum absolute atomic E-state index is 12.2. The van der Waals surface area contributed by atoms with E-state index in [4.69, 9.17) is 10.5 Å². The molecule has 2 rings (SSSR count). The highest BCUT2D eigenvalue weighted by molar-refractivity contribution is 5.97. The Labute approximate surface area is 125 Å². The summed E-state index contributed by atoms with van der Waals surface area (Å²) in [7, 11) is 1.60. The number of piperidine rings is 1. The standard InChI is InChI=1S/C16H22N2O3/c1-21-14-4-2-13(3-5-14)15(19)11-18-8-6-12(7-9-18)10-16(17)20/h2-5,12H,6-11H2,1H3,(H2,17,20). The van der Waals surface area contributed by atoms with Gasteiger partial charge in [-0.15, -0.1) is 0 Å². The van der Waals surface area contributed by atoms with Gasteiger partial charge in [-0.3, -0.25) is 14.5 Å². The van der Waals surface area contributed by atoms with Crippen LogP contribution in [0.1, 0.15) is 29.6 Å². The number of hydrogen-bond acceptors (Lipinski definition) is 4. The van der Waals surface area contributed by atoms with Gasteiger partial charge in [-0.2, -0.15) is 0 Å². The average molecular weight is 290 g/mol. The second-order valence-corrected chi connectivity index (χ2v) is 5.54. The lowest BCUT2D eigenvalue weighted by molar-refractivity contribution is -0.119. The molecule has 2 N–H and O–H groups in total. The second kappa shape index (κ2) is 7.22. The third kappa shape index (κ3) is 4.56. The van der Waals surface area contributed by atoms with E-state index in [1.54, 1.807) is 31.4 Å². The van der Waals surface area contributed by atoms with Crippen molar-refractivity contribution in [2.75, 3.05) is 26.7 Å². The molecule has 1 aliphatic heterocycles. The van der Waals surface area contributed by atoms with Gasteiger partial charge in [0.1, 0.15) is 5.75 Å². The molecule has 5 nitrogen and oxygen atoms in total. The summed E-state index contributed by atoms with van der Waals surface area (Å²) in [5.41, 5.74) is 5.93. The van der Waals surface area contributed by atoms with Crippen molar-refractivity contribution in [1.82, 2.24) is 4.90 Å². The van der Waals surface area contributed by atoms with E-state index in [0.29, 0.717) is 24.4 Å². The van der Waals surface area contributed by atoms with Gasteiger partial charge in [-0.1, -0.05) is 0 Å². The molecule has 0 aromatic heterocycles. The number of nitrogens with zero attached hydrogens (tertiary/aromatic N) is 1. The van der Waals surface area contributed by atoms with Crippen molar-refractivity contribution in [1.29, 1.82) is 0 Å². The van der Waals surface area contributed by atoms with Gasteiger partial charge in [-0.25, -0.2) is 0 Å². The van der Waals surface area contributed by atoms with Crippen LogP contribution in [0.4, 0.5) is 0 Å². The van der Waals surface area contributed by atoms with Crippen molar-refractivity contribution >= 4 is 11.7 Å². The second-order valence-electron chi connectivity index (χ2n) is 5.54. The number of primary amides is 1. The van der Waals surface area contributed by atoms with Crippen LogP contribution < -0.4 is 10.5 Å². The molecule has 114 valence electrons. The number of likely N-dealkylation sites (tertiary alicyclic amines) is 1. The molecule has 0 radical (unpaired) electrons. The highest BCUT2D eigenvalue weighted by Gasteiger charge is 2.22. The van der Waals surface area contributed by atoms with E-state index in [1.807, 2.05) is 0 Å². The first-order valence-electron chi connectivity index (χ1n) is 7.26. The number of rotatable bonds is 6. The smallest absolute Gasteiger partial charge is 0.217 e. The maximum atomic E-state index is 12.2. The number of ether oxygens (including phenoxy) is 1. The minimum atomic E-state index is -0.234. The van der Waals surface area contributed by atoms with E-state index < -0.39 is 0 Å². The molecule has 0 atom stereocenters. The molecule has 1 aromatic rings. The number of carbonyl (C=O) groups excluding carboxylic acids is 2. The molecular weight excluding hydrogens is 268 g/mol. The number of amides is 1. The lowest BCUT2D eigenvalue weighted by atomic mass is 9.93. The van der Waals surface area contributed by atoms with Gasteiger partial charge in [0, 0.05) is 12.0 Å². The molecule has 1 fully saturated rings. The zero-order valence-electron chi connectivity index (χ0n) is 12.4. The molecule has 1 aromatic carbocycles. The number of Topliss-reactive ketones (excluding diaryl/α,β-unsaturated/α-hetero) is 1. The van der Waals surface area contributed by atoms with E-state index in [-0.39, 0.29) is 11.7 Å². The normalized spacial score (nSPS) is 16.6. The Morgan fingerprint density at radius 2 is 1.86 bits per heavy atom. The fourth-order valence-electron chi connectivity index (χ4n) is 2.70. The predicted octanol–water partition coefficient (Wildman–Crippen LogP) is 1.47. The summed E-state index contributed by atoms with van der Waals surface area (Å²) in [6.45, 7) is 2.12. The third-order valence-corrected chi connectivity index (χ3v) is 3.98. The monoisotopic (exact) mass is 290 g/mol. The van der Waals surface area contributed by atoms with Crippen LogP contribution in [0.15, 0.2) is 24.3 Å². The van der Waals surface area contributed by atoms with E-state index >= 15 is 0 Å².